The van der Waals surface area contributed by atoms with Gasteiger partial charge in [-0.2, -0.15) is 4.31 Å². The normalized spacial score (nSPS) is 21.7. The summed E-state index contributed by atoms with van der Waals surface area (Å²) in [5, 5.41) is 5.27. The number of hydrogen-bond donors (Lipinski definition) is 2. The maximum absolute atomic E-state index is 12.9. The molecule has 1 atom stereocenters. The molecular formula is C23H26N4O5S. The van der Waals surface area contributed by atoms with Crippen LogP contribution in [0.3, 0.4) is 0 Å². The van der Waals surface area contributed by atoms with Crippen LogP contribution in [0.15, 0.2) is 59.5 Å². The van der Waals surface area contributed by atoms with Crippen LogP contribution in [0.5, 0.6) is 0 Å². The Morgan fingerprint density at radius 1 is 1.00 bits per heavy atom. The average Bonchev–Trinajstić information content (AvgIpc) is 3.04. The van der Waals surface area contributed by atoms with E-state index in [9.17, 15) is 22.8 Å². The maximum atomic E-state index is 12.9. The van der Waals surface area contributed by atoms with E-state index in [0.29, 0.717) is 24.3 Å². The Labute approximate surface area is 192 Å². The highest BCUT2D eigenvalue weighted by Crippen LogP contribution is 2.28. The van der Waals surface area contributed by atoms with Crippen molar-refractivity contribution in [2.24, 2.45) is 0 Å². The third kappa shape index (κ3) is 4.49. The topological polar surface area (TPSA) is 116 Å². The van der Waals surface area contributed by atoms with Gasteiger partial charge in [0.05, 0.1) is 4.90 Å². The largest absolute Gasteiger partial charge is 0.325 e. The predicted octanol–water partition coefficient (Wildman–Crippen LogP) is 2.27. The van der Waals surface area contributed by atoms with Crippen LogP contribution in [0.2, 0.25) is 0 Å². The molecule has 2 N–H and O–H groups in total. The first-order valence-corrected chi connectivity index (χ1v) is 12.3. The number of carbonyl (C=O) groups excluding carboxylic acids is 3. The van der Waals surface area contributed by atoms with Crippen molar-refractivity contribution in [3.8, 4) is 0 Å². The monoisotopic (exact) mass is 470 g/mol. The van der Waals surface area contributed by atoms with E-state index in [4.69, 9.17) is 0 Å². The molecule has 2 aliphatic rings. The van der Waals surface area contributed by atoms with Crippen LogP contribution < -0.4 is 10.6 Å². The van der Waals surface area contributed by atoms with E-state index in [1.54, 1.807) is 31.2 Å². The van der Waals surface area contributed by atoms with Gasteiger partial charge in [-0.25, -0.2) is 13.2 Å². The highest BCUT2D eigenvalue weighted by Gasteiger charge is 2.49. The molecule has 10 heteroatoms. The Hall–Kier alpha value is -3.24. The summed E-state index contributed by atoms with van der Waals surface area (Å²) in [6.45, 7) is 2.16. The zero-order chi connectivity index (χ0) is 23.6. The van der Waals surface area contributed by atoms with Gasteiger partial charge in [0.15, 0.2) is 0 Å². The molecule has 2 fully saturated rings. The number of anilines is 1. The molecule has 0 bridgehead atoms. The minimum atomic E-state index is -3.57. The molecule has 2 saturated heterocycles. The summed E-state index contributed by atoms with van der Waals surface area (Å²) in [5.74, 6) is -1.08. The highest BCUT2D eigenvalue weighted by atomic mass is 32.2. The standard InChI is InChI=1S/C23H26N4O5S/c1-23(17-8-4-2-5-9-17)21(29)27(22(30)25-23)16-20(28)24-18-10-12-19(13-11-18)33(31,32)26-14-6-3-7-15-26/h2,4-5,8-13H,3,6-7,14-16H2,1H3,(H,24,28)(H,25,30). The van der Waals surface area contributed by atoms with E-state index in [2.05, 4.69) is 10.6 Å². The number of sulfonamides is 1. The van der Waals surface area contributed by atoms with Crippen molar-refractivity contribution in [3.05, 3.63) is 60.2 Å². The fourth-order valence-electron chi connectivity index (χ4n) is 4.12. The van der Waals surface area contributed by atoms with Gasteiger partial charge >= 0.3 is 6.03 Å². The number of rotatable bonds is 6. The van der Waals surface area contributed by atoms with Crippen LogP contribution in [0.4, 0.5) is 10.5 Å². The Balaban J connectivity index is 1.41. The molecule has 0 aliphatic carbocycles. The minimum Gasteiger partial charge on any atom is -0.325 e. The second-order valence-electron chi connectivity index (χ2n) is 8.35. The summed E-state index contributed by atoms with van der Waals surface area (Å²) in [6, 6.07) is 14.0. The van der Waals surface area contributed by atoms with Crippen molar-refractivity contribution in [3.63, 3.8) is 0 Å². The van der Waals surface area contributed by atoms with Crippen LogP contribution >= 0.6 is 0 Å². The first-order valence-electron chi connectivity index (χ1n) is 10.8. The number of urea groups is 1. The predicted molar refractivity (Wildman–Crippen MR) is 122 cm³/mol. The Kier molecular flexibility index (Phi) is 6.22. The number of imide groups is 1. The number of nitrogens with zero attached hydrogens (tertiary/aromatic N) is 2. The minimum absolute atomic E-state index is 0.162. The van der Waals surface area contributed by atoms with Crippen molar-refractivity contribution in [1.82, 2.24) is 14.5 Å². The average molecular weight is 471 g/mol. The Morgan fingerprint density at radius 3 is 2.27 bits per heavy atom. The third-order valence-corrected chi connectivity index (χ3v) is 7.93. The number of carbonyl (C=O) groups is 3. The first-order chi connectivity index (χ1) is 15.7. The lowest BCUT2D eigenvalue weighted by Crippen LogP contribution is -2.42. The quantitative estimate of drug-likeness (QED) is 0.629. The smallest absolute Gasteiger partial charge is 0.325 e. The zero-order valence-corrected chi connectivity index (χ0v) is 19.1. The number of hydrogen-bond acceptors (Lipinski definition) is 5. The van der Waals surface area contributed by atoms with E-state index in [1.165, 1.54) is 28.6 Å². The summed E-state index contributed by atoms with van der Waals surface area (Å²) in [4.78, 5) is 38.9. The summed E-state index contributed by atoms with van der Waals surface area (Å²) < 4.78 is 27.0. The molecule has 2 heterocycles. The highest BCUT2D eigenvalue weighted by molar-refractivity contribution is 7.89. The molecule has 4 amide bonds. The molecule has 2 aromatic rings. The molecule has 0 spiro atoms. The van der Waals surface area contributed by atoms with Gasteiger partial charge in [0, 0.05) is 18.8 Å². The summed E-state index contributed by atoms with van der Waals surface area (Å²) in [7, 11) is -3.57. The summed E-state index contributed by atoms with van der Waals surface area (Å²) >= 11 is 0. The molecule has 174 valence electrons. The van der Waals surface area contributed by atoms with E-state index in [-0.39, 0.29) is 4.90 Å². The van der Waals surface area contributed by atoms with Crippen molar-refractivity contribution < 1.29 is 22.8 Å². The number of piperidine rings is 1. The van der Waals surface area contributed by atoms with Crippen LogP contribution in [0.1, 0.15) is 31.7 Å². The van der Waals surface area contributed by atoms with Crippen LogP contribution in [0.25, 0.3) is 0 Å². The fraction of sp³-hybridized carbons (Fsp3) is 0.348. The zero-order valence-electron chi connectivity index (χ0n) is 18.3. The van der Waals surface area contributed by atoms with Gasteiger partial charge in [-0.3, -0.25) is 14.5 Å². The molecule has 0 radical (unpaired) electrons. The summed E-state index contributed by atoms with van der Waals surface area (Å²) in [5.41, 5.74) is -0.254. The van der Waals surface area contributed by atoms with E-state index < -0.39 is 40.0 Å². The molecule has 4 rings (SSSR count). The van der Waals surface area contributed by atoms with E-state index in [1.807, 2.05) is 6.07 Å². The maximum Gasteiger partial charge on any atom is 0.325 e. The molecule has 1 unspecified atom stereocenters. The van der Waals surface area contributed by atoms with Gasteiger partial charge in [-0.15, -0.1) is 0 Å². The molecule has 0 aromatic heterocycles. The van der Waals surface area contributed by atoms with Crippen molar-refractivity contribution in [2.45, 2.75) is 36.6 Å². The molecule has 0 saturated carbocycles. The SMILES string of the molecule is CC1(c2ccccc2)NC(=O)N(CC(=O)Nc2ccc(S(=O)(=O)N3CCCCC3)cc2)C1=O. The molecular weight excluding hydrogens is 444 g/mol. The first kappa shape index (κ1) is 22.9. The second-order valence-corrected chi connectivity index (χ2v) is 10.3. The van der Waals surface area contributed by atoms with Crippen molar-refractivity contribution in [2.75, 3.05) is 25.0 Å². The second kappa shape index (κ2) is 8.95. The van der Waals surface area contributed by atoms with Gasteiger partial charge in [-0.1, -0.05) is 36.8 Å². The molecule has 2 aliphatic heterocycles. The number of amides is 4. The molecule has 33 heavy (non-hydrogen) atoms. The third-order valence-electron chi connectivity index (χ3n) is 6.02. The molecule has 2 aromatic carbocycles. The Bertz CT molecular complexity index is 1160. The molecule has 9 nitrogen and oxygen atoms in total. The lowest BCUT2D eigenvalue weighted by molar-refractivity contribution is -0.133. The lowest BCUT2D eigenvalue weighted by atomic mass is 9.92. The van der Waals surface area contributed by atoms with Crippen molar-refractivity contribution in [1.29, 1.82) is 0 Å². The lowest BCUT2D eigenvalue weighted by Gasteiger charge is -2.25. The number of nitrogens with one attached hydrogen (secondary N) is 2. The van der Waals surface area contributed by atoms with E-state index in [0.717, 1.165) is 24.2 Å². The van der Waals surface area contributed by atoms with Gasteiger partial charge < -0.3 is 10.6 Å². The van der Waals surface area contributed by atoms with Crippen LogP contribution in [-0.4, -0.2) is 55.1 Å². The Morgan fingerprint density at radius 2 is 1.64 bits per heavy atom. The number of benzene rings is 2. The van der Waals surface area contributed by atoms with Gasteiger partial charge in [0.2, 0.25) is 15.9 Å². The van der Waals surface area contributed by atoms with Gasteiger partial charge in [-0.05, 0) is 49.6 Å². The van der Waals surface area contributed by atoms with Crippen LogP contribution in [0, 0.1) is 0 Å². The fourth-order valence-corrected chi connectivity index (χ4v) is 5.63. The van der Waals surface area contributed by atoms with Gasteiger partial charge in [0.1, 0.15) is 12.1 Å². The van der Waals surface area contributed by atoms with Crippen LogP contribution in [-0.2, 0) is 25.2 Å². The summed E-state index contributed by atoms with van der Waals surface area (Å²) in [6.07, 6.45) is 2.72. The van der Waals surface area contributed by atoms with E-state index >= 15 is 0 Å². The van der Waals surface area contributed by atoms with Crippen molar-refractivity contribution >= 4 is 33.6 Å². The van der Waals surface area contributed by atoms with Gasteiger partial charge in [0.25, 0.3) is 5.91 Å².